The number of carbonyl (C=O) groups is 2. The SMILES string of the molecule is O=C(O)N1CCC2(CC1)CCN(C1CCCCC1)C2=O. The van der Waals surface area contributed by atoms with Crippen molar-refractivity contribution in [3.05, 3.63) is 0 Å². The minimum absolute atomic E-state index is 0.247. The minimum atomic E-state index is -0.852. The maximum atomic E-state index is 12.8. The predicted octanol–water partition coefficient (Wildman–Crippen LogP) is 2.31. The Labute approximate surface area is 119 Å². The van der Waals surface area contributed by atoms with Crippen LogP contribution in [0.15, 0.2) is 0 Å². The van der Waals surface area contributed by atoms with E-state index in [0.29, 0.717) is 37.9 Å². The van der Waals surface area contributed by atoms with Crippen molar-refractivity contribution >= 4 is 12.0 Å². The predicted molar refractivity (Wildman–Crippen MR) is 74.5 cm³/mol. The number of carbonyl (C=O) groups excluding carboxylic acids is 1. The summed E-state index contributed by atoms with van der Waals surface area (Å²) in [6.07, 6.45) is 7.60. The van der Waals surface area contributed by atoms with Gasteiger partial charge in [-0.05, 0) is 32.1 Å². The molecule has 1 aliphatic carbocycles. The van der Waals surface area contributed by atoms with E-state index in [4.69, 9.17) is 5.11 Å². The van der Waals surface area contributed by atoms with Crippen LogP contribution in [0.25, 0.3) is 0 Å². The molecule has 2 amide bonds. The van der Waals surface area contributed by atoms with Gasteiger partial charge < -0.3 is 14.9 Å². The summed E-state index contributed by atoms with van der Waals surface area (Å²) in [5.74, 6) is 0.314. The van der Waals surface area contributed by atoms with Crippen LogP contribution in [-0.4, -0.2) is 52.6 Å². The summed E-state index contributed by atoms with van der Waals surface area (Å²) in [5, 5.41) is 9.02. The second kappa shape index (κ2) is 5.26. The normalized spacial score (nSPS) is 27.3. The molecular weight excluding hydrogens is 256 g/mol. The van der Waals surface area contributed by atoms with Crippen LogP contribution in [-0.2, 0) is 4.79 Å². The van der Waals surface area contributed by atoms with E-state index < -0.39 is 6.09 Å². The highest BCUT2D eigenvalue weighted by Crippen LogP contribution is 2.43. The average molecular weight is 280 g/mol. The lowest BCUT2D eigenvalue weighted by atomic mass is 9.77. The van der Waals surface area contributed by atoms with Gasteiger partial charge >= 0.3 is 6.09 Å². The molecule has 0 radical (unpaired) electrons. The first kappa shape index (κ1) is 13.7. The lowest BCUT2D eigenvalue weighted by molar-refractivity contribution is -0.140. The third-order valence-corrected chi connectivity index (χ3v) is 5.55. The standard InChI is InChI=1S/C15H24N2O3/c18-13-15(6-9-16(10-7-15)14(19)20)8-11-17(13)12-4-2-1-3-5-12/h12H,1-11H2,(H,19,20). The molecule has 3 rings (SSSR count). The van der Waals surface area contributed by atoms with Gasteiger partial charge in [-0.1, -0.05) is 19.3 Å². The van der Waals surface area contributed by atoms with Crippen LogP contribution in [0.3, 0.4) is 0 Å². The molecule has 3 aliphatic rings. The molecule has 2 aliphatic heterocycles. The average Bonchev–Trinajstić information content (AvgIpc) is 2.78. The van der Waals surface area contributed by atoms with E-state index in [0.717, 1.165) is 25.8 Å². The molecule has 0 aromatic heterocycles. The van der Waals surface area contributed by atoms with Crippen molar-refractivity contribution in [1.29, 1.82) is 0 Å². The van der Waals surface area contributed by atoms with E-state index in [2.05, 4.69) is 4.90 Å². The van der Waals surface area contributed by atoms with E-state index in [-0.39, 0.29) is 5.41 Å². The number of amides is 2. The summed E-state index contributed by atoms with van der Waals surface area (Å²) in [6, 6.07) is 0.452. The first-order valence-corrected chi connectivity index (χ1v) is 7.91. The number of rotatable bonds is 1. The summed E-state index contributed by atoms with van der Waals surface area (Å²) >= 11 is 0. The van der Waals surface area contributed by atoms with Gasteiger partial charge in [-0.2, -0.15) is 0 Å². The van der Waals surface area contributed by atoms with Crippen LogP contribution in [0, 0.1) is 5.41 Å². The third kappa shape index (κ3) is 2.27. The van der Waals surface area contributed by atoms with Gasteiger partial charge in [0.1, 0.15) is 0 Å². The van der Waals surface area contributed by atoms with Gasteiger partial charge in [0, 0.05) is 25.7 Å². The van der Waals surface area contributed by atoms with E-state index in [1.165, 1.54) is 24.2 Å². The van der Waals surface area contributed by atoms with Crippen LogP contribution >= 0.6 is 0 Å². The number of nitrogens with zero attached hydrogens (tertiary/aromatic N) is 2. The zero-order chi connectivity index (χ0) is 14.2. The number of hydrogen-bond acceptors (Lipinski definition) is 2. The van der Waals surface area contributed by atoms with Crippen LogP contribution < -0.4 is 0 Å². The maximum absolute atomic E-state index is 12.8. The highest BCUT2D eigenvalue weighted by atomic mass is 16.4. The monoisotopic (exact) mass is 280 g/mol. The summed E-state index contributed by atoms with van der Waals surface area (Å²) in [7, 11) is 0. The molecule has 1 spiro atoms. The molecular formula is C15H24N2O3. The fourth-order valence-electron chi connectivity index (χ4n) is 4.18. The molecule has 3 fully saturated rings. The highest BCUT2D eigenvalue weighted by molar-refractivity contribution is 5.85. The van der Waals surface area contributed by atoms with Crippen molar-refractivity contribution in [1.82, 2.24) is 9.80 Å². The number of likely N-dealkylation sites (tertiary alicyclic amines) is 2. The molecule has 0 aromatic rings. The van der Waals surface area contributed by atoms with Gasteiger partial charge in [0.2, 0.25) is 5.91 Å². The van der Waals surface area contributed by atoms with Crippen molar-refractivity contribution in [3.8, 4) is 0 Å². The van der Waals surface area contributed by atoms with Crippen LogP contribution in [0.1, 0.15) is 51.4 Å². The van der Waals surface area contributed by atoms with Gasteiger partial charge in [0.25, 0.3) is 0 Å². The van der Waals surface area contributed by atoms with E-state index in [9.17, 15) is 9.59 Å². The Morgan fingerprint density at radius 1 is 1.05 bits per heavy atom. The third-order valence-electron chi connectivity index (χ3n) is 5.55. The zero-order valence-electron chi connectivity index (χ0n) is 12.0. The topological polar surface area (TPSA) is 60.9 Å². The Morgan fingerprint density at radius 3 is 2.25 bits per heavy atom. The molecule has 112 valence electrons. The van der Waals surface area contributed by atoms with Crippen molar-refractivity contribution in [3.63, 3.8) is 0 Å². The Morgan fingerprint density at radius 2 is 1.65 bits per heavy atom. The molecule has 0 unspecified atom stereocenters. The second-order valence-corrected chi connectivity index (χ2v) is 6.59. The van der Waals surface area contributed by atoms with E-state index in [1.807, 2.05) is 0 Å². The van der Waals surface area contributed by atoms with Crippen molar-refractivity contribution in [2.75, 3.05) is 19.6 Å². The quantitative estimate of drug-likeness (QED) is 0.801. The first-order valence-electron chi connectivity index (χ1n) is 7.91. The highest BCUT2D eigenvalue weighted by Gasteiger charge is 2.50. The summed E-state index contributed by atoms with van der Waals surface area (Å²) in [5.41, 5.74) is -0.247. The summed E-state index contributed by atoms with van der Waals surface area (Å²) in [6.45, 7) is 1.91. The van der Waals surface area contributed by atoms with Crippen molar-refractivity contribution in [2.24, 2.45) is 5.41 Å². The lowest BCUT2D eigenvalue weighted by Gasteiger charge is -2.38. The second-order valence-electron chi connectivity index (χ2n) is 6.59. The molecule has 20 heavy (non-hydrogen) atoms. The molecule has 5 heteroatoms. The summed E-state index contributed by atoms with van der Waals surface area (Å²) in [4.78, 5) is 27.4. The van der Waals surface area contributed by atoms with Gasteiger partial charge in [0.15, 0.2) is 0 Å². The molecule has 0 aromatic carbocycles. The van der Waals surface area contributed by atoms with Crippen LogP contribution in [0.4, 0.5) is 4.79 Å². The van der Waals surface area contributed by atoms with Gasteiger partial charge in [-0.25, -0.2) is 4.79 Å². The number of hydrogen-bond donors (Lipinski definition) is 1. The van der Waals surface area contributed by atoms with Gasteiger partial charge in [-0.3, -0.25) is 4.79 Å². The molecule has 1 N–H and O–H groups in total. The summed E-state index contributed by atoms with van der Waals surface area (Å²) < 4.78 is 0. The number of piperidine rings is 1. The lowest BCUT2D eigenvalue weighted by Crippen LogP contribution is -2.48. The maximum Gasteiger partial charge on any atom is 0.407 e. The van der Waals surface area contributed by atoms with Crippen LogP contribution in [0.5, 0.6) is 0 Å². The fraction of sp³-hybridized carbons (Fsp3) is 0.867. The Bertz CT molecular complexity index is 396. The van der Waals surface area contributed by atoms with Crippen LogP contribution in [0.2, 0.25) is 0 Å². The van der Waals surface area contributed by atoms with E-state index >= 15 is 0 Å². The fourth-order valence-corrected chi connectivity index (χ4v) is 4.18. The van der Waals surface area contributed by atoms with Gasteiger partial charge in [-0.15, -0.1) is 0 Å². The van der Waals surface area contributed by atoms with E-state index in [1.54, 1.807) is 0 Å². The molecule has 2 saturated heterocycles. The number of carboxylic acid groups (broad SMARTS) is 1. The van der Waals surface area contributed by atoms with Crippen molar-refractivity contribution in [2.45, 2.75) is 57.4 Å². The Kier molecular flexibility index (Phi) is 3.61. The Hall–Kier alpha value is -1.26. The largest absolute Gasteiger partial charge is 0.465 e. The molecule has 0 bridgehead atoms. The minimum Gasteiger partial charge on any atom is -0.465 e. The Balaban J connectivity index is 1.65. The smallest absolute Gasteiger partial charge is 0.407 e. The van der Waals surface area contributed by atoms with Gasteiger partial charge in [0.05, 0.1) is 5.41 Å². The first-order chi connectivity index (χ1) is 9.62. The zero-order valence-corrected chi connectivity index (χ0v) is 12.0. The molecule has 0 atom stereocenters. The molecule has 5 nitrogen and oxygen atoms in total. The van der Waals surface area contributed by atoms with Crippen molar-refractivity contribution < 1.29 is 14.7 Å². The molecule has 1 saturated carbocycles. The molecule has 2 heterocycles.